The van der Waals surface area contributed by atoms with Gasteiger partial charge in [0.15, 0.2) is 0 Å². The zero-order chi connectivity index (χ0) is 16.7. The normalized spacial score (nSPS) is 20.3. The van der Waals surface area contributed by atoms with Gasteiger partial charge in [-0.3, -0.25) is 4.57 Å². The zero-order valence-electron chi connectivity index (χ0n) is 12.4. The second-order valence-corrected chi connectivity index (χ2v) is 6.16. The molecule has 0 aliphatic carbocycles. The van der Waals surface area contributed by atoms with Gasteiger partial charge in [0.1, 0.15) is 17.7 Å². The third kappa shape index (κ3) is 2.76. The standard InChI is InChI=1S/C15H15ClFN3O3/c1-8-2-5-12(14(21)22)20-13(8)18-19(15(20)23)7-9-3-4-11(17)10(16)6-9/h3-4,6,8,12H,2,5,7H2,1H3,(H,21,22)/t8-,12-/m1/s1. The van der Waals surface area contributed by atoms with E-state index in [4.69, 9.17) is 11.6 Å². The van der Waals surface area contributed by atoms with Crippen LogP contribution in [0.4, 0.5) is 4.39 Å². The first-order chi connectivity index (χ1) is 10.9. The van der Waals surface area contributed by atoms with E-state index in [2.05, 4.69) is 5.10 Å². The summed E-state index contributed by atoms with van der Waals surface area (Å²) in [5.41, 5.74) is 0.146. The Morgan fingerprint density at radius 1 is 1.48 bits per heavy atom. The van der Waals surface area contributed by atoms with Crippen molar-refractivity contribution >= 4 is 17.6 Å². The van der Waals surface area contributed by atoms with E-state index in [-0.39, 0.29) is 17.5 Å². The average Bonchev–Trinajstić information content (AvgIpc) is 2.82. The second-order valence-electron chi connectivity index (χ2n) is 5.75. The van der Waals surface area contributed by atoms with Crippen LogP contribution in [0.3, 0.4) is 0 Å². The number of carboxylic acid groups (broad SMARTS) is 1. The Labute approximate surface area is 136 Å². The van der Waals surface area contributed by atoms with Gasteiger partial charge in [0, 0.05) is 5.92 Å². The lowest BCUT2D eigenvalue weighted by Crippen LogP contribution is -2.35. The van der Waals surface area contributed by atoms with E-state index < -0.39 is 23.5 Å². The number of aromatic nitrogens is 3. The third-order valence-corrected chi connectivity index (χ3v) is 4.41. The van der Waals surface area contributed by atoms with E-state index in [1.165, 1.54) is 27.4 Å². The minimum Gasteiger partial charge on any atom is -0.480 e. The first-order valence-corrected chi connectivity index (χ1v) is 7.62. The van der Waals surface area contributed by atoms with Gasteiger partial charge in [0.25, 0.3) is 0 Å². The van der Waals surface area contributed by atoms with E-state index >= 15 is 0 Å². The first kappa shape index (κ1) is 15.7. The molecule has 0 saturated carbocycles. The highest BCUT2D eigenvalue weighted by Gasteiger charge is 2.33. The molecular formula is C15H15ClFN3O3. The molecule has 6 nitrogen and oxygen atoms in total. The van der Waals surface area contributed by atoms with E-state index in [1.54, 1.807) is 0 Å². The van der Waals surface area contributed by atoms with E-state index in [0.29, 0.717) is 24.2 Å². The number of fused-ring (bicyclic) bond motifs is 1. The molecule has 0 spiro atoms. The van der Waals surface area contributed by atoms with Crippen LogP contribution in [0.25, 0.3) is 0 Å². The summed E-state index contributed by atoms with van der Waals surface area (Å²) < 4.78 is 15.7. The van der Waals surface area contributed by atoms with E-state index in [0.717, 1.165) is 0 Å². The minimum absolute atomic E-state index is 0.0105. The van der Waals surface area contributed by atoms with E-state index in [1.807, 2.05) is 6.92 Å². The molecule has 1 aliphatic heterocycles. The number of benzene rings is 1. The van der Waals surface area contributed by atoms with Crippen molar-refractivity contribution in [1.29, 1.82) is 0 Å². The maximum Gasteiger partial charge on any atom is 0.347 e. The molecular weight excluding hydrogens is 325 g/mol. The molecule has 1 aromatic heterocycles. The quantitative estimate of drug-likeness (QED) is 0.931. The SMILES string of the molecule is C[C@@H]1CC[C@H](C(=O)O)n2c1nn(Cc1ccc(F)c(Cl)c1)c2=O. The summed E-state index contributed by atoms with van der Waals surface area (Å²) in [6.45, 7) is 2.02. The molecule has 3 rings (SSSR count). The summed E-state index contributed by atoms with van der Waals surface area (Å²) in [5, 5.41) is 13.6. The van der Waals surface area contributed by atoms with Gasteiger partial charge in [-0.2, -0.15) is 5.10 Å². The Morgan fingerprint density at radius 2 is 2.22 bits per heavy atom. The van der Waals surface area contributed by atoms with Crippen molar-refractivity contribution < 1.29 is 14.3 Å². The van der Waals surface area contributed by atoms with Crippen molar-refractivity contribution in [1.82, 2.24) is 14.3 Å². The Balaban J connectivity index is 2.02. The Morgan fingerprint density at radius 3 is 2.87 bits per heavy atom. The van der Waals surface area contributed by atoms with Crippen molar-refractivity contribution in [2.75, 3.05) is 0 Å². The molecule has 8 heteroatoms. The maximum absolute atomic E-state index is 13.2. The fourth-order valence-corrected chi connectivity index (χ4v) is 3.08. The van der Waals surface area contributed by atoms with Gasteiger partial charge < -0.3 is 5.11 Å². The summed E-state index contributed by atoms with van der Waals surface area (Å²) in [7, 11) is 0. The molecule has 0 bridgehead atoms. The number of hydrogen-bond donors (Lipinski definition) is 1. The highest BCUT2D eigenvalue weighted by Crippen LogP contribution is 2.30. The smallest absolute Gasteiger partial charge is 0.347 e. The summed E-state index contributed by atoms with van der Waals surface area (Å²) in [5.74, 6) is -1.09. The molecule has 0 saturated heterocycles. The van der Waals surface area contributed by atoms with Gasteiger partial charge in [0.2, 0.25) is 0 Å². The van der Waals surface area contributed by atoms with Crippen LogP contribution in [0.1, 0.15) is 43.1 Å². The van der Waals surface area contributed by atoms with Crippen LogP contribution in [0.15, 0.2) is 23.0 Å². The predicted octanol–water partition coefficient (Wildman–Crippen LogP) is 2.41. The minimum atomic E-state index is -1.04. The largest absolute Gasteiger partial charge is 0.480 e. The van der Waals surface area contributed by atoms with Crippen LogP contribution in [0, 0.1) is 5.82 Å². The zero-order valence-corrected chi connectivity index (χ0v) is 13.1. The number of rotatable bonds is 3. The molecule has 122 valence electrons. The highest BCUT2D eigenvalue weighted by atomic mass is 35.5. The van der Waals surface area contributed by atoms with Crippen molar-refractivity contribution in [3.63, 3.8) is 0 Å². The molecule has 1 aromatic carbocycles. The Bertz CT molecular complexity index is 830. The summed E-state index contributed by atoms with van der Waals surface area (Å²) in [6, 6.07) is 3.28. The third-order valence-electron chi connectivity index (χ3n) is 4.12. The summed E-state index contributed by atoms with van der Waals surface area (Å²) in [4.78, 5) is 23.9. The van der Waals surface area contributed by atoms with Crippen molar-refractivity contribution in [3.8, 4) is 0 Å². The Kier molecular flexibility index (Phi) is 3.97. The van der Waals surface area contributed by atoms with Crippen LogP contribution in [-0.2, 0) is 11.3 Å². The van der Waals surface area contributed by atoms with Gasteiger partial charge >= 0.3 is 11.7 Å². The van der Waals surface area contributed by atoms with Crippen LogP contribution in [0.5, 0.6) is 0 Å². The van der Waals surface area contributed by atoms with Crippen molar-refractivity contribution in [2.24, 2.45) is 0 Å². The lowest BCUT2D eigenvalue weighted by molar-refractivity contribution is -0.141. The lowest BCUT2D eigenvalue weighted by atomic mass is 9.96. The average molecular weight is 340 g/mol. The monoisotopic (exact) mass is 339 g/mol. The van der Waals surface area contributed by atoms with E-state index in [9.17, 15) is 19.1 Å². The maximum atomic E-state index is 13.2. The summed E-state index contributed by atoms with van der Waals surface area (Å²) in [6.07, 6.45) is 1.06. The number of carbonyl (C=O) groups is 1. The topological polar surface area (TPSA) is 77.1 Å². The number of halogens is 2. The fourth-order valence-electron chi connectivity index (χ4n) is 2.88. The van der Waals surface area contributed by atoms with Crippen LogP contribution in [-0.4, -0.2) is 25.4 Å². The molecule has 2 heterocycles. The molecule has 0 radical (unpaired) electrons. The van der Waals surface area contributed by atoms with Gasteiger partial charge in [0.05, 0.1) is 11.6 Å². The molecule has 2 atom stereocenters. The molecule has 0 amide bonds. The molecule has 23 heavy (non-hydrogen) atoms. The predicted molar refractivity (Wildman–Crippen MR) is 81.3 cm³/mol. The van der Waals surface area contributed by atoms with Gasteiger partial charge in [-0.25, -0.2) is 18.7 Å². The lowest BCUT2D eigenvalue weighted by Gasteiger charge is -2.23. The molecule has 1 aliphatic rings. The molecule has 0 unspecified atom stereocenters. The highest BCUT2D eigenvalue weighted by molar-refractivity contribution is 6.30. The van der Waals surface area contributed by atoms with Crippen LogP contribution < -0.4 is 5.69 Å². The molecule has 1 N–H and O–H groups in total. The summed E-state index contributed by atoms with van der Waals surface area (Å²) >= 11 is 5.74. The first-order valence-electron chi connectivity index (χ1n) is 7.24. The molecule has 0 fully saturated rings. The second kappa shape index (κ2) is 5.81. The number of carboxylic acids is 1. The van der Waals surface area contributed by atoms with Crippen molar-refractivity contribution in [3.05, 3.63) is 50.9 Å². The van der Waals surface area contributed by atoms with Gasteiger partial charge in [-0.15, -0.1) is 0 Å². The van der Waals surface area contributed by atoms with Crippen LogP contribution in [0.2, 0.25) is 5.02 Å². The van der Waals surface area contributed by atoms with Crippen molar-refractivity contribution in [2.45, 2.75) is 38.3 Å². The number of nitrogens with zero attached hydrogens (tertiary/aromatic N) is 3. The number of aliphatic carboxylic acids is 1. The fraction of sp³-hybridized carbons (Fsp3) is 0.400. The molecule has 2 aromatic rings. The number of hydrogen-bond acceptors (Lipinski definition) is 3. The Hall–Kier alpha value is -2.15. The van der Waals surface area contributed by atoms with Crippen LogP contribution >= 0.6 is 11.6 Å². The van der Waals surface area contributed by atoms with Gasteiger partial charge in [-0.05, 0) is 30.5 Å². The van der Waals surface area contributed by atoms with Gasteiger partial charge in [-0.1, -0.05) is 24.6 Å².